The molecule has 0 unspecified atom stereocenters. The van der Waals surface area contributed by atoms with Gasteiger partial charge < -0.3 is 14.4 Å². The summed E-state index contributed by atoms with van der Waals surface area (Å²) < 4.78 is 33.0. The van der Waals surface area contributed by atoms with Crippen LogP contribution in [-0.2, 0) is 10.0 Å². The second-order valence-electron chi connectivity index (χ2n) is 7.02. The number of aromatic carboxylic acids is 1. The van der Waals surface area contributed by atoms with Crippen LogP contribution in [0, 0.1) is 0 Å². The number of fused-ring (bicyclic) bond motifs is 1. The van der Waals surface area contributed by atoms with Crippen molar-refractivity contribution < 1.29 is 22.7 Å². The Balaban J connectivity index is 1.61. The highest BCUT2D eigenvalue weighted by Gasteiger charge is 2.31. The van der Waals surface area contributed by atoms with Crippen LogP contribution in [-0.4, -0.2) is 50.0 Å². The van der Waals surface area contributed by atoms with Gasteiger partial charge in [0.15, 0.2) is 0 Å². The van der Waals surface area contributed by atoms with Gasteiger partial charge in [0, 0.05) is 37.6 Å². The first-order chi connectivity index (χ1) is 14.7. The third kappa shape index (κ3) is 4.10. The molecule has 0 bridgehead atoms. The Morgan fingerprint density at radius 3 is 2.39 bits per heavy atom. The summed E-state index contributed by atoms with van der Waals surface area (Å²) in [6.07, 6.45) is 0.557. The van der Waals surface area contributed by atoms with Gasteiger partial charge >= 0.3 is 5.97 Å². The minimum atomic E-state index is -3.87. The molecule has 1 aliphatic heterocycles. The summed E-state index contributed by atoms with van der Waals surface area (Å²) in [5, 5.41) is 10.2. The molecule has 0 aliphatic carbocycles. The van der Waals surface area contributed by atoms with E-state index in [-0.39, 0.29) is 27.2 Å². The van der Waals surface area contributed by atoms with E-state index in [1.54, 1.807) is 18.2 Å². The summed E-state index contributed by atoms with van der Waals surface area (Å²) in [6, 6.07) is 9.38. The number of nitrogens with zero attached hydrogens (tertiary/aromatic N) is 2. The highest BCUT2D eigenvalue weighted by molar-refractivity contribution is 7.89. The number of sulfonamides is 1. The Morgan fingerprint density at radius 2 is 1.71 bits per heavy atom. The molecule has 2 heterocycles. The molecule has 1 N–H and O–H groups in total. The van der Waals surface area contributed by atoms with E-state index >= 15 is 0 Å². The van der Waals surface area contributed by atoms with Crippen molar-refractivity contribution in [2.45, 2.75) is 11.3 Å². The van der Waals surface area contributed by atoms with Gasteiger partial charge in [-0.25, -0.2) is 13.2 Å². The Morgan fingerprint density at radius 1 is 1.00 bits per heavy atom. The molecule has 0 atom stereocenters. The molecular formula is C20H17Cl3N2O5S. The molecule has 1 aromatic heterocycles. The smallest absolute Gasteiger partial charge is 0.371 e. The number of furan rings is 1. The largest absolute Gasteiger partial charge is 0.475 e. The van der Waals surface area contributed by atoms with Crippen molar-refractivity contribution in [3.63, 3.8) is 0 Å². The summed E-state index contributed by atoms with van der Waals surface area (Å²) in [5.74, 6) is -1.37. The predicted molar refractivity (Wildman–Crippen MR) is 120 cm³/mol. The van der Waals surface area contributed by atoms with Gasteiger partial charge in [0.05, 0.1) is 20.8 Å². The zero-order valence-electron chi connectivity index (χ0n) is 16.0. The van der Waals surface area contributed by atoms with Gasteiger partial charge in [0.1, 0.15) is 10.5 Å². The number of hydrogen-bond acceptors (Lipinski definition) is 5. The van der Waals surface area contributed by atoms with E-state index in [0.29, 0.717) is 47.7 Å². The lowest BCUT2D eigenvalue weighted by molar-refractivity contribution is 0.0665. The van der Waals surface area contributed by atoms with E-state index in [1.165, 1.54) is 22.5 Å². The maximum atomic E-state index is 13.2. The van der Waals surface area contributed by atoms with Crippen LogP contribution in [0.1, 0.15) is 17.0 Å². The van der Waals surface area contributed by atoms with Crippen LogP contribution in [0.3, 0.4) is 0 Å². The number of hydrogen-bond donors (Lipinski definition) is 1. The molecule has 1 saturated heterocycles. The molecule has 1 aliphatic rings. The number of carboxylic acid groups (broad SMARTS) is 1. The fourth-order valence-electron chi connectivity index (χ4n) is 3.65. The van der Waals surface area contributed by atoms with Crippen molar-refractivity contribution >= 4 is 67.5 Å². The second kappa shape index (κ2) is 8.52. The molecule has 4 rings (SSSR count). The van der Waals surface area contributed by atoms with E-state index in [9.17, 15) is 13.2 Å². The molecule has 31 heavy (non-hydrogen) atoms. The highest BCUT2D eigenvalue weighted by Crippen LogP contribution is 2.37. The molecular weight excluding hydrogens is 487 g/mol. The van der Waals surface area contributed by atoms with Crippen LogP contribution in [0.2, 0.25) is 15.1 Å². The van der Waals surface area contributed by atoms with Crippen molar-refractivity contribution in [3.05, 3.63) is 57.2 Å². The van der Waals surface area contributed by atoms with Crippen LogP contribution in [0.5, 0.6) is 0 Å². The van der Waals surface area contributed by atoms with Crippen molar-refractivity contribution in [2.24, 2.45) is 0 Å². The summed E-state index contributed by atoms with van der Waals surface area (Å²) in [4.78, 5) is 13.1. The van der Waals surface area contributed by atoms with Gasteiger partial charge in [-0.3, -0.25) is 0 Å². The van der Waals surface area contributed by atoms with Crippen molar-refractivity contribution in [1.82, 2.24) is 4.31 Å². The van der Waals surface area contributed by atoms with Gasteiger partial charge in [-0.1, -0.05) is 40.9 Å². The Labute approximate surface area is 193 Å². The number of anilines is 1. The summed E-state index contributed by atoms with van der Waals surface area (Å²) in [7, 11) is -3.87. The molecule has 0 radical (unpaired) electrons. The van der Waals surface area contributed by atoms with Gasteiger partial charge in [-0.2, -0.15) is 4.31 Å². The number of carboxylic acids is 1. The number of carbonyl (C=O) groups is 1. The maximum Gasteiger partial charge on any atom is 0.371 e. The summed E-state index contributed by atoms with van der Waals surface area (Å²) in [5.41, 5.74) is 1.06. The third-order valence-electron chi connectivity index (χ3n) is 5.14. The fourth-order valence-corrected chi connectivity index (χ4v) is 6.54. The Kier molecular flexibility index (Phi) is 6.11. The summed E-state index contributed by atoms with van der Waals surface area (Å²) >= 11 is 18.8. The minimum Gasteiger partial charge on any atom is -0.475 e. The highest BCUT2D eigenvalue weighted by atomic mass is 35.5. The second-order valence-corrected chi connectivity index (χ2v) is 10.1. The molecule has 7 nitrogen and oxygen atoms in total. The lowest BCUT2D eigenvalue weighted by atomic mass is 10.2. The molecule has 0 amide bonds. The fraction of sp³-hybridized carbons (Fsp3) is 0.250. The standard InChI is InChI=1S/C20H17Cl3N2O5S/c21-13-3-1-4-14(22)19(13)31(28,29)25-8-2-7-24(9-10-25)15-5-6-16-12(18(15)23)11-17(30-16)20(26)27/h1,3-6,11H,2,7-10H2,(H,26,27). The first-order valence-electron chi connectivity index (χ1n) is 9.34. The van der Waals surface area contributed by atoms with Crippen LogP contribution in [0.25, 0.3) is 11.0 Å². The van der Waals surface area contributed by atoms with Crippen molar-refractivity contribution in [3.8, 4) is 0 Å². The zero-order valence-corrected chi connectivity index (χ0v) is 19.1. The van der Waals surface area contributed by atoms with Gasteiger partial charge in [0.2, 0.25) is 15.8 Å². The number of rotatable bonds is 4. The van der Waals surface area contributed by atoms with E-state index < -0.39 is 16.0 Å². The number of benzene rings is 2. The van der Waals surface area contributed by atoms with Gasteiger partial charge in [0.25, 0.3) is 0 Å². The van der Waals surface area contributed by atoms with Crippen molar-refractivity contribution in [2.75, 3.05) is 31.1 Å². The molecule has 1 fully saturated rings. The van der Waals surface area contributed by atoms with E-state index in [1.807, 2.05) is 4.90 Å². The van der Waals surface area contributed by atoms with Gasteiger partial charge in [-0.05, 0) is 30.7 Å². The Hall–Kier alpha value is -1.97. The molecule has 164 valence electrons. The molecule has 2 aromatic carbocycles. The monoisotopic (exact) mass is 502 g/mol. The molecule has 0 saturated carbocycles. The van der Waals surface area contributed by atoms with E-state index in [4.69, 9.17) is 44.3 Å². The van der Waals surface area contributed by atoms with E-state index in [2.05, 4.69) is 0 Å². The van der Waals surface area contributed by atoms with Crippen LogP contribution in [0.4, 0.5) is 5.69 Å². The van der Waals surface area contributed by atoms with Crippen molar-refractivity contribution in [1.29, 1.82) is 0 Å². The van der Waals surface area contributed by atoms with Crippen LogP contribution in [0.15, 0.2) is 45.7 Å². The number of halogens is 3. The normalized spacial score (nSPS) is 15.9. The topological polar surface area (TPSA) is 91.1 Å². The zero-order chi connectivity index (χ0) is 22.3. The molecule has 11 heteroatoms. The summed E-state index contributed by atoms with van der Waals surface area (Å²) in [6.45, 7) is 1.46. The Bertz CT molecular complexity index is 1260. The quantitative estimate of drug-likeness (QED) is 0.539. The molecule has 3 aromatic rings. The third-order valence-corrected chi connectivity index (χ3v) is 8.39. The SMILES string of the molecule is O=C(O)c1cc2c(Cl)c(N3CCCN(S(=O)(=O)c4c(Cl)cccc4Cl)CC3)ccc2o1. The minimum absolute atomic E-state index is 0.0799. The van der Waals surface area contributed by atoms with E-state index in [0.717, 1.165) is 0 Å². The maximum absolute atomic E-state index is 13.2. The first-order valence-corrected chi connectivity index (χ1v) is 11.9. The van der Waals surface area contributed by atoms with Crippen LogP contribution < -0.4 is 4.90 Å². The first kappa shape index (κ1) is 22.2. The lowest BCUT2D eigenvalue weighted by Gasteiger charge is -2.25. The van der Waals surface area contributed by atoms with Crippen LogP contribution >= 0.6 is 34.8 Å². The average Bonchev–Trinajstić information content (AvgIpc) is 3.00. The molecule has 0 spiro atoms. The lowest BCUT2D eigenvalue weighted by Crippen LogP contribution is -2.35. The van der Waals surface area contributed by atoms with Gasteiger partial charge in [-0.15, -0.1) is 0 Å². The average molecular weight is 504 g/mol. The predicted octanol–water partition coefficient (Wildman–Crippen LogP) is 4.99.